The molecule has 3 fully saturated rings. The average Bonchev–Trinajstić information content (AvgIpc) is 4.03. The molecule has 15 atom stereocenters. The predicted molar refractivity (Wildman–Crippen MR) is 325 cm³/mol. The third-order valence-corrected chi connectivity index (χ3v) is 23.9. The number of nitrogens with one attached hydrogen (secondary N) is 2. The summed E-state index contributed by atoms with van der Waals surface area (Å²) >= 11 is 0. The zero-order chi connectivity index (χ0) is 55.8. The first kappa shape index (κ1) is 56.9. The van der Waals surface area contributed by atoms with Gasteiger partial charge in [0.1, 0.15) is 11.9 Å². The number of phenols is 1. The number of aromatic amines is 1. The molecular weight excluding hydrogens is 1050 g/mol. The standard InChI is InChI=1S/C69H87N3O7S2/c1-2-42-27-47-31-61(76)63(79-64-32-48(28-50-17-12-25-71-50)51-20-26-72-67(70)58(51)41-81-80-40-49(38-73)66(64)78)34-53(47)55-33-62(77)65-45(30-52(42)55)19-24-69(23-9-8-18-60(65)75)37-56(43-13-4-3-5-14-43)54-29-44-15-6-7-16-46(44)35-68(21-10-11-22-68)36-57(54)59(69)39-74/h3-7,12-17,20,25,30-31,34,42,45,48-49,54-57,59-60,62,64-66,71-78H,2,8-11,18,21-23,26-29,32-33,35-41,70H2,1H3. The Morgan fingerprint density at radius 1 is 0.815 bits per heavy atom. The second-order valence-electron chi connectivity index (χ2n) is 26.0. The maximum absolute atomic E-state index is 12.8. The highest BCUT2D eigenvalue weighted by atomic mass is 33.1. The number of aliphatic hydroxyl groups excluding tert-OH is 5. The first-order valence-corrected chi connectivity index (χ1v) is 33.4. The number of phenolic OH excluding ortho intramolecular Hbond substituents is 1. The number of rotatable bonds is 8. The summed E-state index contributed by atoms with van der Waals surface area (Å²) in [4.78, 5) is 3.39. The molecule has 0 amide bonds. The number of aliphatic hydroxyl groups is 5. The molecule has 8 aliphatic rings. The van der Waals surface area contributed by atoms with Crippen LogP contribution in [0.15, 0.2) is 120 Å². The van der Waals surface area contributed by atoms with E-state index < -0.39 is 47.6 Å². The van der Waals surface area contributed by atoms with Crippen LogP contribution in [0.3, 0.4) is 0 Å². The molecule has 0 bridgehead atoms. The van der Waals surface area contributed by atoms with Crippen molar-refractivity contribution in [2.45, 2.75) is 152 Å². The fourth-order valence-corrected chi connectivity index (χ4v) is 19.9. The number of aromatic hydroxyl groups is 1. The molecule has 1 aromatic heterocycles. The van der Waals surface area contributed by atoms with Crippen molar-refractivity contribution < 1.29 is 35.4 Å². The Bertz CT molecular complexity index is 3000. The van der Waals surface area contributed by atoms with Crippen LogP contribution in [0.1, 0.15) is 136 Å². The number of benzene rings is 3. The van der Waals surface area contributed by atoms with Crippen molar-refractivity contribution in [3.63, 3.8) is 0 Å². The molecule has 432 valence electrons. The van der Waals surface area contributed by atoms with Gasteiger partial charge in [-0.2, -0.15) is 0 Å². The number of nitrogens with two attached hydrogens (primary N) is 1. The Hall–Kier alpha value is -4.58. The topological polar surface area (TPSA) is 184 Å². The van der Waals surface area contributed by atoms with Crippen molar-refractivity contribution in [1.82, 2.24) is 10.3 Å². The molecule has 1 saturated heterocycles. The molecule has 2 saturated carbocycles. The maximum atomic E-state index is 12.8. The van der Waals surface area contributed by atoms with E-state index in [2.05, 4.69) is 102 Å². The summed E-state index contributed by atoms with van der Waals surface area (Å²) in [6.07, 6.45) is 18.1. The van der Waals surface area contributed by atoms with Crippen LogP contribution < -0.4 is 15.8 Å². The van der Waals surface area contributed by atoms with Gasteiger partial charge in [0.2, 0.25) is 0 Å². The van der Waals surface area contributed by atoms with E-state index in [4.69, 9.17) is 10.5 Å². The number of allylic oxidation sites excluding steroid dienone is 3. The van der Waals surface area contributed by atoms with E-state index in [1.807, 2.05) is 24.4 Å². The van der Waals surface area contributed by atoms with Gasteiger partial charge in [0.25, 0.3) is 0 Å². The highest BCUT2D eigenvalue weighted by Gasteiger charge is 2.56. The molecule has 12 heteroatoms. The third kappa shape index (κ3) is 11.5. The average molecular weight is 1130 g/mol. The quantitative estimate of drug-likeness (QED) is 0.0465. The van der Waals surface area contributed by atoms with Crippen LogP contribution in [0, 0.1) is 70.0 Å². The van der Waals surface area contributed by atoms with Crippen LogP contribution >= 0.6 is 21.6 Å². The monoisotopic (exact) mass is 1130 g/mol. The number of H-pyrrole nitrogens is 1. The molecule has 2 aliphatic heterocycles. The Morgan fingerprint density at radius 3 is 2.40 bits per heavy atom. The van der Waals surface area contributed by atoms with E-state index in [9.17, 15) is 30.6 Å². The molecule has 2 spiro atoms. The van der Waals surface area contributed by atoms with E-state index >= 15 is 0 Å². The summed E-state index contributed by atoms with van der Waals surface area (Å²) in [6.45, 7) is 2.68. The Labute approximate surface area is 488 Å². The second-order valence-corrected chi connectivity index (χ2v) is 28.5. The van der Waals surface area contributed by atoms with E-state index in [1.54, 1.807) is 21.6 Å². The fourth-order valence-electron chi connectivity index (χ4n) is 17.4. The highest BCUT2D eigenvalue weighted by Crippen LogP contribution is 2.62. The SMILES string of the molecule is CCC1Cc2cc(O)c(OC3CC(Cc4ccc[nH]4)C4=CCNC(N)=C4CSSCC(CO)C3O)cc2C2CC(O)C3C(C#CC4(CCCCC3O)CC(c3ccccc3)C3Cc5ccccc5CC5(CCCC5)CC3C4CO)C=C12. The van der Waals surface area contributed by atoms with E-state index in [1.165, 1.54) is 47.9 Å². The van der Waals surface area contributed by atoms with Gasteiger partial charge >= 0.3 is 0 Å². The molecule has 10 nitrogen and oxygen atoms in total. The first-order chi connectivity index (χ1) is 39.5. The number of ether oxygens (including phenoxy) is 1. The number of aromatic nitrogens is 1. The second kappa shape index (κ2) is 24.6. The molecule has 12 rings (SSSR count). The molecule has 3 heterocycles. The summed E-state index contributed by atoms with van der Waals surface area (Å²) in [5.41, 5.74) is 17.2. The van der Waals surface area contributed by atoms with Crippen LogP contribution in [-0.4, -0.2) is 91.3 Å². The van der Waals surface area contributed by atoms with Crippen LogP contribution in [0.2, 0.25) is 0 Å². The lowest BCUT2D eigenvalue weighted by atomic mass is 9.48. The van der Waals surface area contributed by atoms with Crippen LogP contribution in [0.5, 0.6) is 11.5 Å². The molecule has 10 N–H and O–H groups in total. The largest absolute Gasteiger partial charge is 0.504 e. The van der Waals surface area contributed by atoms with E-state index in [0.29, 0.717) is 61.9 Å². The van der Waals surface area contributed by atoms with Gasteiger partial charge in [0.15, 0.2) is 11.5 Å². The lowest BCUT2D eigenvalue weighted by Gasteiger charge is -2.55. The van der Waals surface area contributed by atoms with Crippen molar-refractivity contribution in [3.05, 3.63) is 153 Å². The predicted octanol–water partition coefficient (Wildman–Crippen LogP) is 11.1. The molecular formula is C69H87N3O7S2. The summed E-state index contributed by atoms with van der Waals surface area (Å²) < 4.78 is 7.02. The number of dihydropyridines is 1. The van der Waals surface area contributed by atoms with Crippen LogP contribution in [-0.2, 0) is 25.7 Å². The van der Waals surface area contributed by atoms with Crippen molar-refractivity contribution >= 4 is 21.6 Å². The minimum absolute atomic E-state index is 0.000854. The molecule has 3 aromatic carbocycles. The summed E-state index contributed by atoms with van der Waals surface area (Å²) in [6, 6.07) is 28.3. The molecule has 15 unspecified atom stereocenters. The minimum Gasteiger partial charge on any atom is -0.504 e. The van der Waals surface area contributed by atoms with Crippen LogP contribution in [0.25, 0.3) is 0 Å². The Kier molecular flexibility index (Phi) is 17.2. The van der Waals surface area contributed by atoms with Gasteiger partial charge in [0, 0.05) is 83.7 Å². The van der Waals surface area contributed by atoms with Crippen molar-refractivity contribution in [3.8, 4) is 23.3 Å². The number of hydrogen-bond donors (Lipinski definition) is 9. The number of hydrogen-bond acceptors (Lipinski definition) is 11. The highest BCUT2D eigenvalue weighted by molar-refractivity contribution is 8.76. The maximum Gasteiger partial charge on any atom is 0.161 e. The van der Waals surface area contributed by atoms with Crippen LogP contribution in [0.4, 0.5) is 0 Å². The van der Waals surface area contributed by atoms with Gasteiger partial charge in [-0.15, -0.1) is 0 Å². The van der Waals surface area contributed by atoms with Gasteiger partial charge in [-0.25, -0.2) is 0 Å². The Morgan fingerprint density at radius 2 is 1.62 bits per heavy atom. The lowest BCUT2D eigenvalue weighted by Crippen LogP contribution is -2.51. The fraction of sp³-hybridized carbons (Fsp3) is 0.565. The van der Waals surface area contributed by atoms with Gasteiger partial charge < -0.3 is 51.4 Å². The van der Waals surface area contributed by atoms with Gasteiger partial charge in [0.05, 0.1) is 18.3 Å². The van der Waals surface area contributed by atoms with Gasteiger partial charge in [-0.1, -0.05) is 138 Å². The van der Waals surface area contributed by atoms with E-state index in [-0.39, 0.29) is 65.6 Å². The van der Waals surface area contributed by atoms with Crippen molar-refractivity contribution in [2.75, 3.05) is 31.3 Å². The number of fused-ring (bicyclic) bond motifs is 7. The van der Waals surface area contributed by atoms with Gasteiger partial charge in [-0.05, 0) is 176 Å². The van der Waals surface area contributed by atoms with E-state index in [0.717, 1.165) is 79.3 Å². The smallest absolute Gasteiger partial charge is 0.161 e. The van der Waals surface area contributed by atoms with Crippen molar-refractivity contribution in [1.29, 1.82) is 0 Å². The minimum atomic E-state index is -1.06. The molecule has 4 aromatic rings. The zero-order valence-electron chi connectivity index (χ0n) is 47.4. The molecule has 0 radical (unpaired) electrons. The zero-order valence-corrected chi connectivity index (χ0v) is 49.0. The summed E-state index contributed by atoms with van der Waals surface area (Å²) in [5.74, 6) is 9.40. The van der Waals surface area contributed by atoms with Gasteiger partial charge in [-0.3, -0.25) is 0 Å². The van der Waals surface area contributed by atoms with Crippen molar-refractivity contribution in [2.24, 2.45) is 63.9 Å². The molecule has 6 aliphatic carbocycles. The Balaban J connectivity index is 0.926. The summed E-state index contributed by atoms with van der Waals surface area (Å²) in [7, 11) is 3.28. The normalized spacial score (nSPS) is 34.9. The third-order valence-electron chi connectivity index (χ3n) is 21.5. The first-order valence-electron chi connectivity index (χ1n) is 30.9. The summed E-state index contributed by atoms with van der Waals surface area (Å²) in [5, 5.41) is 75.9. The molecule has 81 heavy (non-hydrogen) atoms. The lowest BCUT2D eigenvalue weighted by molar-refractivity contribution is -0.0425.